The van der Waals surface area contributed by atoms with E-state index < -0.39 is 16.2 Å². The molecule has 0 saturated heterocycles. The number of carboxylic acids is 1. The van der Waals surface area contributed by atoms with Crippen LogP contribution >= 0.6 is 15.9 Å². The Bertz CT molecular complexity index is 561. The summed E-state index contributed by atoms with van der Waals surface area (Å²) in [7, 11) is -2.32. The van der Waals surface area contributed by atoms with Crippen LogP contribution in [-0.4, -0.2) is 39.8 Å². The van der Waals surface area contributed by atoms with Gasteiger partial charge in [-0.05, 0) is 34.1 Å². The van der Waals surface area contributed by atoms with E-state index in [1.54, 1.807) is 0 Å². The van der Waals surface area contributed by atoms with Gasteiger partial charge in [0, 0.05) is 18.1 Å². The van der Waals surface area contributed by atoms with Crippen molar-refractivity contribution < 1.29 is 23.1 Å². The van der Waals surface area contributed by atoms with Crippen LogP contribution in [0.15, 0.2) is 22.7 Å². The number of carbonyl (C=O) groups is 1. The Balaban J connectivity index is 2.86. The third-order valence-corrected chi connectivity index (χ3v) is 3.82. The van der Waals surface area contributed by atoms with Gasteiger partial charge < -0.3 is 9.84 Å². The van der Waals surface area contributed by atoms with E-state index in [2.05, 4.69) is 25.4 Å². The number of benzene rings is 1. The largest absolute Gasteiger partial charge is 0.478 e. The summed E-state index contributed by atoms with van der Waals surface area (Å²) in [5, 5.41) is 8.85. The summed E-state index contributed by atoms with van der Waals surface area (Å²) >= 11 is 3.14. The lowest BCUT2D eigenvalue weighted by molar-refractivity contribution is 0.0697. The smallest absolute Gasteiger partial charge is 0.335 e. The zero-order valence-corrected chi connectivity index (χ0v) is 12.4. The molecule has 1 aromatic rings. The van der Waals surface area contributed by atoms with E-state index in [0.29, 0.717) is 4.47 Å². The molecule has 0 saturated carbocycles. The molecule has 3 N–H and O–H groups in total. The summed E-state index contributed by atoms with van der Waals surface area (Å²) in [4.78, 5) is 10.8. The molecule has 106 valence electrons. The second-order valence-electron chi connectivity index (χ2n) is 3.49. The van der Waals surface area contributed by atoms with Crippen molar-refractivity contribution in [2.24, 2.45) is 0 Å². The van der Waals surface area contributed by atoms with E-state index in [9.17, 15) is 13.2 Å². The Morgan fingerprint density at radius 3 is 2.74 bits per heavy atom. The van der Waals surface area contributed by atoms with Crippen molar-refractivity contribution in [3.8, 4) is 0 Å². The van der Waals surface area contributed by atoms with Gasteiger partial charge in [-0.15, -0.1) is 0 Å². The molecule has 0 bridgehead atoms. The van der Waals surface area contributed by atoms with E-state index in [-0.39, 0.29) is 24.4 Å². The molecule has 1 aromatic carbocycles. The summed E-state index contributed by atoms with van der Waals surface area (Å²) in [6.07, 6.45) is 0. The molecule has 9 heteroatoms. The lowest BCUT2D eigenvalue weighted by Crippen LogP contribution is -2.32. The molecule has 0 aliphatic rings. The third-order valence-electron chi connectivity index (χ3n) is 2.06. The number of hydrogen-bond acceptors (Lipinski definition) is 4. The number of aromatic carboxylic acids is 1. The molecule has 0 unspecified atom stereocenters. The Morgan fingerprint density at radius 1 is 1.47 bits per heavy atom. The van der Waals surface area contributed by atoms with Crippen LogP contribution in [0.3, 0.4) is 0 Å². The van der Waals surface area contributed by atoms with Crippen molar-refractivity contribution in [3.05, 3.63) is 28.2 Å². The standard InChI is InChI=1S/C10H13BrN2O5S/c1-18-5-4-12-19(16,17)13-9-6-7(10(14)15)2-3-8(9)11/h2-3,6,12-13H,4-5H2,1H3,(H,14,15). The van der Waals surface area contributed by atoms with Crippen molar-refractivity contribution in [1.29, 1.82) is 0 Å². The fourth-order valence-electron chi connectivity index (χ4n) is 1.20. The quantitative estimate of drug-likeness (QED) is 0.636. The molecule has 7 nitrogen and oxygen atoms in total. The van der Waals surface area contributed by atoms with Crippen molar-refractivity contribution in [2.75, 3.05) is 25.0 Å². The highest BCUT2D eigenvalue weighted by Gasteiger charge is 2.13. The molecule has 0 aliphatic heterocycles. The van der Waals surface area contributed by atoms with E-state index in [1.165, 1.54) is 25.3 Å². The summed E-state index contributed by atoms with van der Waals surface area (Å²) in [5.41, 5.74) is 0.127. The molecule has 0 fully saturated rings. The SMILES string of the molecule is COCCNS(=O)(=O)Nc1cc(C(=O)O)ccc1Br. The lowest BCUT2D eigenvalue weighted by atomic mass is 10.2. The van der Waals surface area contributed by atoms with Crippen LogP contribution in [0.1, 0.15) is 10.4 Å². The van der Waals surface area contributed by atoms with Crippen molar-refractivity contribution in [3.63, 3.8) is 0 Å². The van der Waals surface area contributed by atoms with E-state index in [4.69, 9.17) is 9.84 Å². The van der Waals surface area contributed by atoms with Gasteiger partial charge >= 0.3 is 5.97 Å². The number of ether oxygens (including phenoxy) is 1. The van der Waals surface area contributed by atoms with E-state index in [1.807, 2.05) is 0 Å². The van der Waals surface area contributed by atoms with Crippen LogP contribution in [0, 0.1) is 0 Å². The van der Waals surface area contributed by atoms with Crippen molar-refractivity contribution in [1.82, 2.24) is 4.72 Å². The van der Waals surface area contributed by atoms with Crippen LogP contribution in [0.2, 0.25) is 0 Å². The second kappa shape index (κ2) is 6.85. The van der Waals surface area contributed by atoms with Crippen LogP contribution in [0.4, 0.5) is 5.69 Å². The number of rotatable bonds is 7. The fraction of sp³-hybridized carbons (Fsp3) is 0.300. The van der Waals surface area contributed by atoms with Gasteiger partial charge in [-0.1, -0.05) is 0 Å². The number of nitrogens with one attached hydrogen (secondary N) is 2. The Labute approximate surface area is 119 Å². The Hall–Kier alpha value is -1.16. The first-order valence-electron chi connectivity index (χ1n) is 5.15. The summed E-state index contributed by atoms with van der Waals surface area (Å²) in [5.74, 6) is -1.14. The normalized spacial score (nSPS) is 11.3. The molecule has 1 rings (SSSR count). The van der Waals surface area contributed by atoms with Crippen LogP contribution in [0.5, 0.6) is 0 Å². The maximum absolute atomic E-state index is 11.7. The number of methoxy groups -OCH3 is 1. The van der Waals surface area contributed by atoms with Gasteiger partial charge in [0.05, 0.1) is 17.9 Å². The molecule has 19 heavy (non-hydrogen) atoms. The first-order valence-corrected chi connectivity index (χ1v) is 7.42. The van der Waals surface area contributed by atoms with Crippen LogP contribution in [0.25, 0.3) is 0 Å². The summed E-state index contributed by atoms with van der Waals surface area (Å²) in [6.45, 7) is 0.347. The molecule has 0 radical (unpaired) electrons. The Kier molecular flexibility index (Phi) is 5.73. The first kappa shape index (κ1) is 15.9. The molecule has 0 heterocycles. The van der Waals surface area contributed by atoms with Gasteiger partial charge in [-0.25, -0.2) is 4.79 Å². The van der Waals surface area contributed by atoms with Crippen molar-refractivity contribution in [2.45, 2.75) is 0 Å². The molecule has 0 spiro atoms. The van der Waals surface area contributed by atoms with Gasteiger partial charge in [-0.2, -0.15) is 13.1 Å². The topological polar surface area (TPSA) is 105 Å². The summed E-state index contributed by atoms with van der Waals surface area (Å²) < 4.78 is 33.0. The maximum Gasteiger partial charge on any atom is 0.335 e. The third kappa shape index (κ3) is 5.15. The molecule has 0 amide bonds. The monoisotopic (exact) mass is 352 g/mol. The molecule has 0 aromatic heterocycles. The minimum atomic E-state index is -3.77. The lowest BCUT2D eigenvalue weighted by Gasteiger charge is -2.11. The predicted octanol–water partition coefficient (Wildman–Crippen LogP) is 1.04. The molecular formula is C10H13BrN2O5S. The zero-order valence-electron chi connectivity index (χ0n) is 10.0. The average molecular weight is 353 g/mol. The predicted molar refractivity (Wildman–Crippen MR) is 73.5 cm³/mol. The number of halogens is 1. The number of carboxylic acid groups (broad SMARTS) is 1. The van der Waals surface area contributed by atoms with E-state index >= 15 is 0 Å². The molecule has 0 aliphatic carbocycles. The van der Waals surface area contributed by atoms with Crippen molar-refractivity contribution >= 4 is 37.8 Å². The zero-order chi connectivity index (χ0) is 14.5. The fourth-order valence-corrected chi connectivity index (χ4v) is 2.56. The second-order valence-corrected chi connectivity index (χ2v) is 5.85. The van der Waals surface area contributed by atoms with Gasteiger partial charge in [-0.3, -0.25) is 4.72 Å². The molecular weight excluding hydrogens is 340 g/mol. The van der Waals surface area contributed by atoms with Gasteiger partial charge in [0.2, 0.25) is 0 Å². The highest BCUT2D eigenvalue weighted by molar-refractivity contribution is 9.10. The number of hydrogen-bond donors (Lipinski definition) is 3. The molecule has 0 atom stereocenters. The van der Waals surface area contributed by atoms with Crippen LogP contribution in [-0.2, 0) is 14.9 Å². The minimum Gasteiger partial charge on any atom is -0.478 e. The highest BCUT2D eigenvalue weighted by atomic mass is 79.9. The minimum absolute atomic E-state index is 0.0159. The average Bonchev–Trinajstić information content (AvgIpc) is 2.31. The van der Waals surface area contributed by atoms with Gasteiger partial charge in [0.25, 0.3) is 10.2 Å². The van der Waals surface area contributed by atoms with Gasteiger partial charge in [0.15, 0.2) is 0 Å². The summed E-state index contributed by atoms with van der Waals surface area (Å²) in [6, 6.07) is 4.04. The number of anilines is 1. The highest BCUT2D eigenvalue weighted by Crippen LogP contribution is 2.24. The van der Waals surface area contributed by atoms with E-state index in [0.717, 1.165) is 0 Å². The first-order chi connectivity index (χ1) is 8.85. The van der Waals surface area contributed by atoms with Gasteiger partial charge in [0.1, 0.15) is 0 Å². The maximum atomic E-state index is 11.7. The van der Waals surface area contributed by atoms with Crippen LogP contribution < -0.4 is 9.44 Å². The Morgan fingerprint density at radius 2 is 2.16 bits per heavy atom.